The standard InChI is InChI=1S/C12H17N3O4/c1-7(11(16)15-12(14)17)19-10-5-8(6-13)3-4-9(10)18-2/h3-5,7H,6,13H2,1-2H3,(H3,14,15,16,17). The fourth-order valence-electron chi connectivity index (χ4n) is 1.41. The minimum atomic E-state index is -0.928. The third-order valence-corrected chi connectivity index (χ3v) is 2.38. The highest BCUT2D eigenvalue weighted by Gasteiger charge is 2.18. The monoisotopic (exact) mass is 267 g/mol. The van der Waals surface area contributed by atoms with Gasteiger partial charge in [0.05, 0.1) is 7.11 Å². The van der Waals surface area contributed by atoms with Crippen molar-refractivity contribution in [2.24, 2.45) is 11.5 Å². The average Bonchev–Trinajstić information content (AvgIpc) is 2.37. The number of hydrogen-bond acceptors (Lipinski definition) is 5. The molecular formula is C12H17N3O4. The number of nitrogens with one attached hydrogen (secondary N) is 1. The van der Waals surface area contributed by atoms with Gasteiger partial charge in [-0.1, -0.05) is 6.07 Å². The van der Waals surface area contributed by atoms with Crippen molar-refractivity contribution in [1.82, 2.24) is 5.32 Å². The normalized spacial score (nSPS) is 11.5. The van der Waals surface area contributed by atoms with Crippen LogP contribution in [0.4, 0.5) is 4.79 Å². The lowest BCUT2D eigenvalue weighted by molar-refractivity contribution is -0.126. The molecule has 0 radical (unpaired) electrons. The van der Waals surface area contributed by atoms with Gasteiger partial charge in [0.2, 0.25) is 0 Å². The van der Waals surface area contributed by atoms with Gasteiger partial charge in [-0.15, -0.1) is 0 Å². The Balaban J connectivity index is 2.85. The van der Waals surface area contributed by atoms with Gasteiger partial charge in [-0.05, 0) is 24.6 Å². The van der Waals surface area contributed by atoms with Crippen LogP contribution in [0.5, 0.6) is 11.5 Å². The maximum atomic E-state index is 11.5. The van der Waals surface area contributed by atoms with Crippen molar-refractivity contribution >= 4 is 11.9 Å². The number of ether oxygens (including phenoxy) is 2. The summed E-state index contributed by atoms with van der Waals surface area (Å²) < 4.78 is 10.6. The Bertz CT molecular complexity index is 476. The number of methoxy groups -OCH3 is 1. The van der Waals surface area contributed by atoms with Crippen LogP contribution in [0.15, 0.2) is 18.2 Å². The molecule has 0 fully saturated rings. The predicted molar refractivity (Wildman–Crippen MR) is 68.7 cm³/mol. The molecular weight excluding hydrogens is 250 g/mol. The van der Waals surface area contributed by atoms with Crippen LogP contribution in [0.2, 0.25) is 0 Å². The molecule has 0 spiro atoms. The van der Waals surface area contributed by atoms with Gasteiger partial charge in [-0.2, -0.15) is 0 Å². The summed E-state index contributed by atoms with van der Waals surface area (Å²) in [5.41, 5.74) is 11.2. The predicted octanol–water partition coefficient (Wildman–Crippen LogP) is 0.116. The third-order valence-electron chi connectivity index (χ3n) is 2.38. The molecule has 3 amide bonds. The first-order chi connectivity index (χ1) is 8.97. The van der Waals surface area contributed by atoms with Crippen molar-refractivity contribution in [1.29, 1.82) is 0 Å². The van der Waals surface area contributed by atoms with Crippen molar-refractivity contribution in [3.05, 3.63) is 23.8 Å². The second kappa shape index (κ2) is 6.60. The Kier molecular flexibility index (Phi) is 5.13. The third kappa shape index (κ3) is 4.14. The van der Waals surface area contributed by atoms with Gasteiger partial charge < -0.3 is 20.9 Å². The van der Waals surface area contributed by atoms with Crippen LogP contribution in [-0.4, -0.2) is 25.2 Å². The van der Waals surface area contributed by atoms with E-state index in [1.54, 1.807) is 18.2 Å². The molecule has 104 valence electrons. The van der Waals surface area contributed by atoms with Gasteiger partial charge in [0, 0.05) is 6.54 Å². The Hall–Kier alpha value is -2.28. The number of urea groups is 1. The molecule has 0 saturated heterocycles. The molecule has 0 bridgehead atoms. The second-order valence-corrected chi connectivity index (χ2v) is 3.80. The van der Waals surface area contributed by atoms with Gasteiger partial charge in [0.25, 0.3) is 5.91 Å². The largest absolute Gasteiger partial charge is 0.493 e. The first kappa shape index (κ1) is 14.8. The summed E-state index contributed by atoms with van der Waals surface area (Å²) in [6.45, 7) is 1.83. The molecule has 1 rings (SSSR count). The van der Waals surface area contributed by atoms with E-state index in [1.807, 2.05) is 5.32 Å². The van der Waals surface area contributed by atoms with Crippen LogP contribution in [0.1, 0.15) is 12.5 Å². The number of carbonyl (C=O) groups is 2. The first-order valence-corrected chi connectivity index (χ1v) is 5.61. The van der Waals surface area contributed by atoms with Crippen molar-refractivity contribution in [3.63, 3.8) is 0 Å². The van der Waals surface area contributed by atoms with E-state index >= 15 is 0 Å². The number of amides is 3. The number of carbonyl (C=O) groups excluding carboxylic acids is 2. The van der Waals surface area contributed by atoms with E-state index in [0.717, 1.165) is 5.56 Å². The highest BCUT2D eigenvalue weighted by molar-refractivity contribution is 5.95. The molecule has 1 aromatic rings. The zero-order valence-electron chi connectivity index (χ0n) is 10.8. The molecule has 1 atom stereocenters. The van der Waals surface area contributed by atoms with E-state index in [4.69, 9.17) is 20.9 Å². The molecule has 7 heteroatoms. The Morgan fingerprint density at radius 2 is 2.05 bits per heavy atom. The average molecular weight is 267 g/mol. The lowest BCUT2D eigenvalue weighted by Crippen LogP contribution is -2.42. The molecule has 1 unspecified atom stereocenters. The summed E-state index contributed by atoms with van der Waals surface area (Å²) in [7, 11) is 1.48. The highest BCUT2D eigenvalue weighted by atomic mass is 16.5. The van der Waals surface area contributed by atoms with E-state index in [1.165, 1.54) is 14.0 Å². The summed E-state index contributed by atoms with van der Waals surface area (Å²) in [6.07, 6.45) is -0.894. The Morgan fingerprint density at radius 1 is 1.37 bits per heavy atom. The maximum Gasteiger partial charge on any atom is 0.318 e. The number of rotatable bonds is 5. The molecule has 0 aliphatic heterocycles. The zero-order valence-corrected chi connectivity index (χ0v) is 10.8. The minimum Gasteiger partial charge on any atom is -0.493 e. The van der Waals surface area contributed by atoms with E-state index < -0.39 is 18.0 Å². The molecule has 0 heterocycles. The molecule has 0 saturated carbocycles. The van der Waals surface area contributed by atoms with Crippen LogP contribution in [-0.2, 0) is 11.3 Å². The van der Waals surface area contributed by atoms with Crippen LogP contribution >= 0.6 is 0 Å². The molecule has 5 N–H and O–H groups in total. The fraction of sp³-hybridized carbons (Fsp3) is 0.333. The van der Waals surface area contributed by atoms with Gasteiger partial charge >= 0.3 is 6.03 Å². The lowest BCUT2D eigenvalue weighted by atomic mass is 10.2. The van der Waals surface area contributed by atoms with E-state index in [0.29, 0.717) is 18.0 Å². The number of benzene rings is 1. The van der Waals surface area contributed by atoms with Gasteiger partial charge in [0.1, 0.15) is 0 Å². The van der Waals surface area contributed by atoms with Crippen molar-refractivity contribution in [3.8, 4) is 11.5 Å². The van der Waals surface area contributed by atoms with E-state index in [9.17, 15) is 9.59 Å². The smallest absolute Gasteiger partial charge is 0.318 e. The summed E-state index contributed by atoms with van der Waals surface area (Å²) in [5, 5.41) is 1.94. The van der Waals surface area contributed by atoms with Gasteiger partial charge in [-0.3, -0.25) is 10.1 Å². The highest BCUT2D eigenvalue weighted by Crippen LogP contribution is 2.28. The molecule has 1 aromatic carbocycles. The van der Waals surface area contributed by atoms with Crippen LogP contribution in [0, 0.1) is 0 Å². The molecule has 0 aliphatic rings. The van der Waals surface area contributed by atoms with E-state index in [-0.39, 0.29) is 0 Å². The summed E-state index contributed by atoms with van der Waals surface area (Å²) in [5.74, 6) is 0.209. The number of primary amides is 1. The minimum absolute atomic E-state index is 0.336. The van der Waals surface area contributed by atoms with Crippen LogP contribution in [0.3, 0.4) is 0 Å². The number of hydrogen-bond donors (Lipinski definition) is 3. The molecule has 19 heavy (non-hydrogen) atoms. The maximum absolute atomic E-state index is 11.5. The quantitative estimate of drug-likeness (QED) is 0.700. The topological polar surface area (TPSA) is 117 Å². The number of nitrogens with two attached hydrogens (primary N) is 2. The number of imide groups is 1. The molecule has 0 aromatic heterocycles. The Morgan fingerprint density at radius 3 is 2.58 bits per heavy atom. The van der Waals surface area contributed by atoms with Crippen molar-refractivity contribution < 1.29 is 19.1 Å². The summed E-state index contributed by atoms with van der Waals surface area (Å²) in [4.78, 5) is 22.1. The molecule has 7 nitrogen and oxygen atoms in total. The first-order valence-electron chi connectivity index (χ1n) is 5.61. The van der Waals surface area contributed by atoms with Gasteiger partial charge in [0.15, 0.2) is 17.6 Å². The SMILES string of the molecule is COc1ccc(CN)cc1OC(C)C(=O)NC(N)=O. The van der Waals surface area contributed by atoms with Crippen molar-refractivity contribution in [2.75, 3.05) is 7.11 Å². The lowest BCUT2D eigenvalue weighted by Gasteiger charge is -2.16. The fourth-order valence-corrected chi connectivity index (χ4v) is 1.41. The van der Waals surface area contributed by atoms with Gasteiger partial charge in [-0.25, -0.2) is 4.79 Å². The van der Waals surface area contributed by atoms with Crippen LogP contribution in [0.25, 0.3) is 0 Å². The van der Waals surface area contributed by atoms with Crippen LogP contribution < -0.4 is 26.3 Å². The van der Waals surface area contributed by atoms with E-state index in [2.05, 4.69) is 0 Å². The molecule has 0 aliphatic carbocycles. The Labute approximate surface area is 110 Å². The zero-order chi connectivity index (χ0) is 14.4. The summed E-state index contributed by atoms with van der Waals surface area (Å²) in [6, 6.07) is 4.23. The van der Waals surface area contributed by atoms with Crippen molar-refractivity contribution in [2.45, 2.75) is 19.6 Å². The summed E-state index contributed by atoms with van der Waals surface area (Å²) >= 11 is 0. The second-order valence-electron chi connectivity index (χ2n) is 3.80.